The Morgan fingerprint density at radius 1 is 0.411 bits per heavy atom. The minimum atomic E-state index is -0.329. The van der Waals surface area contributed by atoms with E-state index < -0.39 is 0 Å². The van der Waals surface area contributed by atoms with E-state index in [4.69, 9.17) is 8.83 Å². The van der Waals surface area contributed by atoms with Crippen LogP contribution in [0.2, 0.25) is 0 Å². The Hall–Kier alpha value is -6.80. The van der Waals surface area contributed by atoms with Gasteiger partial charge in [0.1, 0.15) is 22.5 Å². The van der Waals surface area contributed by atoms with E-state index in [1.54, 1.807) is 0 Å². The first-order chi connectivity index (χ1) is 34.7. The number of anilines is 6. The van der Waals surface area contributed by atoms with E-state index in [2.05, 4.69) is 233 Å². The number of benzene rings is 7. The molecule has 0 aliphatic carbocycles. The van der Waals surface area contributed by atoms with Gasteiger partial charge in [-0.1, -0.05) is 111 Å². The highest BCUT2D eigenvalue weighted by atomic mass is 32.1. The van der Waals surface area contributed by atoms with Gasteiger partial charge in [-0.3, -0.25) is 0 Å². The molecule has 4 nitrogen and oxygen atoms in total. The summed E-state index contributed by atoms with van der Waals surface area (Å²) in [7, 11) is 0. The third kappa shape index (κ3) is 7.12. The summed E-state index contributed by atoms with van der Waals surface area (Å²) in [5.74, 6) is 0. The molecule has 7 heteroatoms. The van der Waals surface area contributed by atoms with Gasteiger partial charge in [-0.2, -0.15) is 0 Å². The summed E-state index contributed by atoms with van der Waals surface area (Å²) >= 11 is 3.73. The summed E-state index contributed by atoms with van der Waals surface area (Å²) in [4.78, 5) is 7.73. The van der Waals surface area contributed by atoms with Crippen LogP contribution in [0, 0.1) is 27.7 Å². The van der Waals surface area contributed by atoms with E-state index in [1.165, 1.54) is 96.8 Å². The van der Waals surface area contributed by atoms with Crippen LogP contribution in [0.1, 0.15) is 101 Å². The van der Waals surface area contributed by atoms with Gasteiger partial charge in [0.05, 0.1) is 22.7 Å². The van der Waals surface area contributed by atoms with Crippen LogP contribution in [0.15, 0.2) is 142 Å². The molecule has 73 heavy (non-hydrogen) atoms. The van der Waals surface area contributed by atoms with Crippen LogP contribution in [0.4, 0.5) is 34.1 Å². The molecule has 6 heterocycles. The Morgan fingerprint density at radius 2 is 0.795 bits per heavy atom. The summed E-state index contributed by atoms with van der Waals surface area (Å²) in [6, 6.07) is 50.5. The lowest BCUT2D eigenvalue weighted by Gasteiger charge is -2.43. The number of fused-ring (bicyclic) bond motifs is 10. The molecule has 0 saturated heterocycles. The quantitative estimate of drug-likeness (QED) is 0.165. The van der Waals surface area contributed by atoms with Gasteiger partial charge in [0, 0.05) is 41.3 Å². The Bertz CT molecular complexity index is 3750. The van der Waals surface area contributed by atoms with Crippen molar-refractivity contribution < 1.29 is 8.83 Å². The molecular formula is C66H61BN2O2S2. The van der Waals surface area contributed by atoms with Crippen molar-refractivity contribution in [2.24, 2.45) is 0 Å². The van der Waals surface area contributed by atoms with Gasteiger partial charge in [-0.15, -0.1) is 22.7 Å². The van der Waals surface area contributed by atoms with E-state index in [9.17, 15) is 0 Å². The Balaban J connectivity index is 1.14. The van der Waals surface area contributed by atoms with E-state index in [-0.39, 0.29) is 23.0 Å². The van der Waals surface area contributed by atoms with E-state index >= 15 is 0 Å². The minimum absolute atomic E-state index is 0.0791. The van der Waals surface area contributed by atoms with Gasteiger partial charge >= 0.3 is 6.71 Å². The topological polar surface area (TPSA) is 32.8 Å². The second kappa shape index (κ2) is 15.9. The molecule has 0 unspecified atom stereocenters. The molecule has 0 N–H and O–H groups in total. The van der Waals surface area contributed by atoms with Crippen LogP contribution in [-0.4, -0.2) is 6.71 Å². The average molecular weight is 989 g/mol. The van der Waals surface area contributed by atoms with E-state index in [0.29, 0.717) is 0 Å². The average Bonchev–Trinajstić information content (AvgIpc) is 4.15. The number of aryl methyl sites for hydroxylation is 4. The first-order valence-electron chi connectivity index (χ1n) is 25.8. The van der Waals surface area contributed by atoms with Gasteiger partial charge in [-0.05, 0) is 195 Å². The standard InChI is InChI=1S/C66H61BN2O2S2/c1-36-26-42(55-30-40-18-14-16-20-53(40)72-55)27-37(2)58(36)68-49-34-46(66(11,12)13)35-50-57(49)67(62-60(68)47-32-44(64(5,6)7)22-24-51(47)70-62)63-61(48-33-45(65(8,9)10)23-25-52(48)71-63)69(50)59-38(3)28-43(29-39(59)4)56-31-41-19-15-17-21-54(41)73-56/h14-35H,1-13H3. The maximum Gasteiger partial charge on any atom is 0.342 e. The van der Waals surface area contributed by atoms with E-state index in [1.807, 2.05) is 22.7 Å². The predicted octanol–water partition coefficient (Wildman–Crippen LogP) is 18.2. The van der Waals surface area contributed by atoms with Crippen LogP contribution in [0.5, 0.6) is 0 Å². The molecule has 0 bridgehead atoms. The van der Waals surface area contributed by atoms with Gasteiger partial charge < -0.3 is 18.6 Å². The van der Waals surface area contributed by atoms with Gasteiger partial charge in [0.25, 0.3) is 0 Å². The third-order valence-electron chi connectivity index (χ3n) is 15.7. The first-order valence-corrected chi connectivity index (χ1v) is 27.5. The number of rotatable bonds is 4. The summed E-state index contributed by atoms with van der Waals surface area (Å²) in [5, 5.41) is 4.79. The van der Waals surface area contributed by atoms with Crippen molar-refractivity contribution in [1.82, 2.24) is 0 Å². The first kappa shape index (κ1) is 46.0. The second-order valence-electron chi connectivity index (χ2n) is 24.0. The lowest BCUT2D eigenvalue weighted by molar-refractivity contribution is 0.590. The number of hydrogen-bond acceptors (Lipinski definition) is 6. The van der Waals surface area contributed by atoms with Crippen LogP contribution < -0.4 is 26.6 Å². The van der Waals surface area contributed by atoms with E-state index in [0.717, 1.165) is 56.0 Å². The predicted molar refractivity (Wildman–Crippen MR) is 317 cm³/mol. The Morgan fingerprint density at radius 3 is 1.16 bits per heavy atom. The zero-order valence-corrected chi connectivity index (χ0v) is 45.9. The molecule has 2 aliphatic heterocycles. The van der Waals surface area contributed by atoms with Crippen LogP contribution >= 0.6 is 22.7 Å². The molecular weight excluding hydrogens is 928 g/mol. The summed E-state index contributed by atoms with van der Waals surface area (Å²) in [6.45, 7) is 29.8. The van der Waals surface area contributed by atoms with Crippen LogP contribution in [-0.2, 0) is 16.2 Å². The normalized spacial score (nSPS) is 13.7. The molecule has 0 spiro atoms. The lowest BCUT2D eigenvalue weighted by Crippen LogP contribution is -2.60. The van der Waals surface area contributed by atoms with Crippen molar-refractivity contribution in [3.8, 4) is 20.9 Å². The lowest BCUT2D eigenvalue weighted by atomic mass is 9.37. The fourth-order valence-electron chi connectivity index (χ4n) is 12.0. The third-order valence-corrected chi connectivity index (χ3v) is 18.0. The van der Waals surface area contributed by atoms with Gasteiger partial charge in [-0.25, -0.2) is 0 Å². The monoisotopic (exact) mass is 988 g/mol. The molecule has 0 fully saturated rings. The van der Waals surface area contributed by atoms with Crippen LogP contribution in [0.25, 0.3) is 63.0 Å². The largest absolute Gasteiger partial charge is 0.468 e. The molecule has 0 saturated carbocycles. The minimum Gasteiger partial charge on any atom is -0.468 e. The maximum absolute atomic E-state index is 7.45. The number of furan rings is 2. The second-order valence-corrected chi connectivity index (χ2v) is 26.2. The summed E-state index contributed by atoms with van der Waals surface area (Å²) in [6.07, 6.45) is 0. The number of nitrogens with zero attached hydrogens (tertiary/aromatic N) is 2. The fraction of sp³-hybridized carbons (Fsp3) is 0.242. The molecule has 13 rings (SSSR count). The van der Waals surface area contributed by atoms with Crippen molar-refractivity contribution in [3.63, 3.8) is 0 Å². The molecule has 0 radical (unpaired) electrons. The molecule has 11 aromatic rings. The van der Waals surface area contributed by atoms with Gasteiger partial charge in [0.15, 0.2) is 0 Å². The Labute approximate surface area is 438 Å². The summed E-state index contributed by atoms with van der Waals surface area (Å²) < 4.78 is 17.5. The van der Waals surface area contributed by atoms with Crippen molar-refractivity contribution in [1.29, 1.82) is 0 Å². The molecule has 0 amide bonds. The molecule has 0 atom stereocenters. The number of thiophene rings is 2. The summed E-state index contributed by atoms with van der Waals surface area (Å²) in [5.41, 5.74) is 22.4. The SMILES string of the molecule is Cc1cc(-c2cc3ccccc3s2)cc(C)c1N1c2cc(C(C)(C)C)cc3c2B(c2oc4ccc(C(C)(C)C)cc4c21)c1oc2ccc(C(C)(C)C)cc2c1N3c1c(C)cc(-c2cc3ccccc3s2)cc1C. The molecule has 4 aromatic heterocycles. The highest BCUT2D eigenvalue weighted by molar-refractivity contribution is 7.22. The molecule has 362 valence electrons. The Kier molecular flexibility index (Phi) is 10.00. The maximum atomic E-state index is 7.45. The zero-order chi connectivity index (χ0) is 50.8. The molecule has 2 aliphatic rings. The van der Waals surface area contributed by atoms with Crippen molar-refractivity contribution in [2.75, 3.05) is 9.80 Å². The van der Waals surface area contributed by atoms with Crippen molar-refractivity contribution >= 4 is 122 Å². The fourth-order valence-corrected chi connectivity index (χ4v) is 14.1. The smallest absolute Gasteiger partial charge is 0.342 e. The van der Waals surface area contributed by atoms with Crippen molar-refractivity contribution in [2.45, 2.75) is 106 Å². The van der Waals surface area contributed by atoms with Crippen LogP contribution in [0.3, 0.4) is 0 Å². The molecule has 7 aromatic carbocycles. The van der Waals surface area contributed by atoms with Crippen molar-refractivity contribution in [3.05, 3.63) is 172 Å². The van der Waals surface area contributed by atoms with Gasteiger partial charge in [0.2, 0.25) is 0 Å². The zero-order valence-electron chi connectivity index (χ0n) is 44.3. The number of hydrogen-bond donors (Lipinski definition) is 0. The highest BCUT2D eigenvalue weighted by Gasteiger charge is 2.51. The highest BCUT2D eigenvalue weighted by Crippen LogP contribution is 2.53.